The second-order valence-electron chi connectivity index (χ2n) is 3.15. The maximum Gasteiger partial charge on any atom is 0.407 e. The van der Waals surface area contributed by atoms with Crippen LogP contribution in [0.1, 0.15) is 17.2 Å². The lowest BCUT2D eigenvalue weighted by molar-refractivity contribution is 0.177. The minimum atomic E-state index is -0.326. The van der Waals surface area contributed by atoms with Gasteiger partial charge in [-0.1, -0.05) is 24.3 Å². The molecule has 1 atom stereocenters. The summed E-state index contributed by atoms with van der Waals surface area (Å²) in [4.78, 5) is 10.8. The molecule has 1 aliphatic heterocycles. The van der Waals surface area contributed by atoms with E-state index < -0.39 is 0 Å². The van der Waals surface area contributed by atoms with Gasteiger partial charge in [0.05, 0.1) is 6.04 Å². The number of nitrogens with one attached hydrogen (secondary N) is 1. The van der Waals surface area contributed by atoms with Crippen molar-refractivity contribution in [3.8, 4) is 0 Å². The monoisotopic (exact) mass is 177 g/mol. The van der Waals surface area contributed by atoms with E-state index in [0.29, 0.717) is 6.61 Å². The van der Waals surface area contributed by atoms with Gasteiger partial charge in [0, 0.05) is 0 Å². The van der Waals surface area contributed by atoms with Gasteiger partial charge in [0.15, 0.2) is 0 Å². The van der Waals surface area contributed by atoms with Crippen molar-refractivity contribution in [3.05, 3.63) is 35.4 Å². The molecule has 0 saturated carbocycles. The number of hydrogen-bond acceptors (Lipinski definition) is 2. The Bertz CT molecular complexity index is 335. The highest BCUT2D eigenvalue weighted by Gasteiger charge is 2.24. The smallest absolute Gasteiger partial charge is 0.407 e. The molecule has 13 heavy (non-hydrogen) atoms. The zero-order valence-corrected chi connectivity index (χ0v) is 7.41. The van der Waals surface area contributed by atoms with E-state index in [1.807, 2.05) is 31.2 Å². The number of rotatable bonds is 1. The van der Waals surface area contributed by atoms with Crippen LogP contribution in [0.15, 0.2) is 24.3 Å². The van der Waals surface area contributed by atoms with Crippen LogP contribution in [0, 0.1) is 6.92 Å². The number of carbonyl (C=O) groups is 1. The van der Waals surface area contributed by atoms with Crippen molar-refractivity contribution in [2.45, 2.75) is 13.0 Å². The highest BCUT2D eigenvalue weighted by Crippen LogP contribution is 2.20. The molecule has 3 nitrogen and oxygen atoms in total. The Morgan fingerprint density at radius 3 is 2.85 bits per heavy atom. The molecule has 1 aromatic rings. The molecule has 0 aromatic heterocycles. The molecule has 1 fully saturated rings. The minimum absolute atomic E-state index is 0.0219. The normalized spacial score (nSPS) is 21.0. The molecule has 3 heteroatoms. The molecule has 1 aliphatic rings. The first kappa shape index (κ1) is 8.10. The summed E-state index contributed by atoms with van der Waals surface area (Å²) >= 11 is 0. The van der Waals surface area contributed by atoms with Crippen molar-refractivity contribution in [1.29, 1.82) is 0 Å². The van der Waals surface area contributed by atoms with Gasteiger partial charge in [-0.15, -0.1) is 0 Å². The quantitative estimate of drug-likeness (QED) is 0.710. The molecule has 0 spiro atoms. The summed E-state index contributed by atoms with van der Waals surface area (Å²) in [6.45, 7) is 2.46. The lowest BCUT2D eigenvalue weighted by Gasteiger charge is -2.09. The van der Waals surface area contributed by atoms with E-state index in [2.05, 4.69) is 5.32 Å². The van der Waals surface area contributed by atoms with Crippen molar-refractivity contribution < 1.29 is 9.53 Å². The molecule has 1 aromatic carbocycles. The molecule has 1 saturated heterocycles. The van der Waals surface area contributed by atoms with Crippen molar-refractivity contribution in [2.75, 3.05) is 6.61 Å². The number of hydrogen-bond donors (Lipinski definition) is 1. The SMILES string of the molecule is Cc1ccccc1C1COC(=O)N1. The Morgan fingerprint density at radius 2 is 2.23 bits per heavy atom. The second kappa shape index (κ2) is 3.09. The van der Waals surface area contributed by atoms with Gasteiger partial charge in [0.2, 0.25) is 0 Å². The minimum Gasteiger partial charge on any atom is -0.447 e. The van der Waals surface area contributed by atoms with Crippen molar-refractivity contribution in [3.63, 3.8) is 0 Å². The first-order valence-electron chi connectivity index (χ1n) is 4.26. The predicted molar refractivity (Wildman–Crippen MR) is 48.4 cm³/mol. The molecule has 0 radical (unpaired) electrons. The van der Waals surface area contributed by atoms with Crippen LogP contribution in [0.4, 0.5) is 4.79 Å². The van der Waals surface area contributed by atoms with Crippen LogP contribution in [-0.2, 0) is 4.74 Å². The molecule has 68 valence electrons. The third kappa shape index (κ3) is 1.49. The topological polar surface area (TPSA) is 38.3 Å². The number of alkyl carbamates (subject to hydrolysis) is 1. The Morgan fingerprint density at radius 1 is 1.46 bits per heavy atom. The summed E-state index contributed by atoms with van der Waals surface area (Å²) in [5.41, 5.74) is 2.31. The molecule has 0 aliphatic carbocycles. The summed E-state index contributed by atoms with van der Waals surface area (Å²) in [5, 5.41) is 2.75. The Kier molecular flexibility index (Phi) is 1.93. The van der Waals surface area contributed by atoms with Crippen LogP contribution in [0.5, 0.6) is 0 Å². The van der Waals surface area contributed by atoms with E-state index >= 15 is 0 Å². The molecular formula is C10H11NO2. The summed E-state index contributed by atoms with van der Waals surface area (Å²) in [7, 11) is 0. The molecule has 1 amide bonds. The van der Waals surface area contributed by atoms with E-state index in [0.717, 1.165) is 5.56 Å². The van der Waals surface area contributed by atoms with E-state index in [1.54, 1.807) is 0 Å². The lowest BCUT2D eigenvalue weighted by Crippen LogP contribution is -2.18. The summed E-state index contributed by atoms with van der Waals surface area (Å²) in [6, 6.07) is 8.01. The number of carbonyl (C=O) groups excluding carboxylic acids is 1. The van der Waals surface area contributed by atoms with Crippen molar-refractivity contribution >= 4 is 6.09 Å². The average molecular weight is 177 g/mol. The van der Waals surface area contributed by atoms with Gasteiger partial charge in [-0.3, -0.25) is 0 Å². The number of cyclic esters (lactones) is 1. The molecule has 1 unspecified atom stereocenters. The molecule has 1 N–H and O–H groups in total. The van der Waals surface area contributed by atoms with Crippen molar-refractivity contribution in [1.82, 2.24) is 5.32 Å². The Labute approximate surface area is 76.7 Å². The predicted octanol–water partition coefficient (Wildman–Crippen LogP) is 1.78. The average Bonchev–Trinajstić information content (AvgIpc) is 2.53. The zero-order chi connectivity index (χ0) is 9.26. The van der Waals surface area contributed by atoms with Crippen LogP contribution >= 0.6 is 0 Å². The highest BCUT2D eigenvalue weighted by molar-refractivity contribution is 5.70. The van der Waals surface area contributed by atoms with E-state index in [4.69, 9.17) is 4.74 Å². The molecule has 2 rings (SSSR count). The summed E-state index contributed by atoms with van der Waals surface area (Å²) in [5.74, 6) is 0. The second-order valence-corrected chi connectivity index (χ2v) is 3.15. The van der Waals surface area contributed by atoms with Gasteiger partial charge in [-0.05, 0) is 18.1 Å². The van der Waals surface area contributed by atoms with E-state index in [-0.39, 0.29) is 12.1 Å². The van der Waals surface area contributed by atoms with Crippen LogP contribution in [0.3, 0.4) is 0 Å². The fourth-order valence-corrected chi connectivity index (χ4v) is 1.53. The highest BCUT2D eigenvalue weighted by atomic mass is 16.6. The number of aryl methyl sites for hydroxylation is 1. The first-order chi connectivity index (χ1) is 6.27. The summed E-state index contributed by atoms with van der Waals surface area (Å²) < 4.78 is 4.82. The lowest BCUT2D eigenvalue weighted by atomic mass is 10.0. The van der Waals surface area contributed by atoms with Gasteiger partial charge in [0.25, 0.3) is 0 Å². The Balaban J connectivity index is 2.26. The third-order valence-electron chi connectivity index (χ3n) is 2.24. The fraction of sp³-hybridized carbons (Fsp3) is 0.300. The van der Waals surface area contributed by atoms with Crippen LogP contribution < -0.4 is 5.32 Å². The number of ether oxygens (including phenoxy) is 1. The summed E-state index contributed by atoms with van der Waals surface area (Å²) in [6.07, 6.45) is -0.326. The standard InChI is InChI=1S/C10H11NO2/c1-7-4-2-3-5-8(7)9-6-13-10(12)11-9/h2-5,9H,6H2,1H3,(H,11,12). The van der Waals surface area contributed by atoms with E-state index in [9.17, 15) is 4.79 Å². The zero-order valence-electron chi connectivity index (χ0n) is 7.41. The fourth-order valence-electron chi connectivity index (χ4n) is 1.53. The van der Waals surface area contributed by atoms with Gasteiger partial charge < -0.3 is 10.1 Å². The molecule has 0 bridgehead atoms. The largest absolute Gasteiger partial charge is 0.447 e. The van der Waals surface area contributed by atoms with Crippen LogP contribution in [-0.4, -0.2) is 12.7 Å². The van der Waals surface area contributed by atoms with Gasteiger partial charge in [0.1, 0.15) is 6.61 Å². The molecular weight excluding hydrogens is 166 g/mol. The number of amides is 1. The number of benzene rings is 1. The van der Waals surface area contributed by atoms with Crippen molar-refractivity contribution in [2.24, 2.45) is 0 Å². The van der Waals surface area contributed by atoms with Gasteiger partial charge >= 0.3 is 6.09 Å². The maximum absolute atomic E-state index is 10.8. The first-order valence-corrected chi connectivity index (χ1v) is 4.26. The van der Waals surface area contributed by atoms with E-state index in [1.165, 1.54) is 5.56 Å². The van der Waals surface area contributed by atoms with Gasteiger partial charge in [-0.25, -0.2) is 4.79 Å². The Hall–Kier alpha value is -1.51. The maximum atomic E-state index is 10.8. The third-order valence-corrected chi connectivity index (χ3v) is 2.24. The van der Waals surface area contributed by atoms with Crippen LogP contribution in [0.2, 0.25) is 0 Å². The van der Waals surface area contributed by atoms with Crippen LogP contribution in [0.25, 0.3) is 0 Å². The molecule has 1 heterocycles. The van der Waals surface area contributed by atoms with Gasteiger partial charge in [-0.2, -0.15) is 0 Å².